The summed E-state index contributed by atoms with van der Waals surface area (Å²) in [6, 6.07) is 0. The summed E-state index contributed by atoms with van der Waals surface area (Å²) in [5.41, 5.74) is -0.127. The highest BCUT2D eigenvalue weighted by molar-refractivity contribution is 4.82. The zero-order chi connectivity index (χ0) is 8.74. The Morgan fingerprint density at radius 2 is 1.91 bits per heavy atom. The fourth-order valence-corrected chi connectivity index (χ4v) is 0.825. The third-order valence-corrected chi connectivity index (χ3v) is 1.75. The predicted molar refractivity (Wildman–Crippen MR) is 48.4 cm³/mol. The summed E-state index contributed by atoms with van der Waals surface area (Å²) in [6.45, 7) is 5.82. The summed E-state index contributed by atoms with van der Waals surface area (Å²) in [7, 11) is 0. The Morgan fingerprint density at radius 1 is 1.27 bits per heavy atom. The maximum absolute atomic E-state index is 12.3. The van der Waals surface area contributed by atoms with Gasteiger partial charge >= 0.3 is 0 Å². The molecule has 0 saturated heterocycles. The normalized spacial score (nSPS) is 12.7. The minimum absolute atomic E-state index is 0.127. The second kappa shape index (κ2) is 5.34. The lowest BCUT2D eigenvalue weighted by Gasteiger charge is -2.18. The number of rotatable bonds is 5. The van der Waals surface area contributed by atoms with Crippen molar-refractivity contribution >= 4 is 0 Å². The first-order valence-corrected chi connectivity index (χ1v) is 4.33. The van der Waals surface area contributed by atoms with Gasteiger partial charge in [-0.25, -0.2) is 0 Å². The van der Waals surface area contributed by atoms with Crippen molar-refractivity contribution in [3.05, 3.63) is 12.2 Å². The lowest BCUT2D eigenvalue weighted by molar-refractivity contribution is 0.242. The van der Waals surface area contributed by atoms with Crippen LogP contribution < -0.4 is 0 Å². The smallest absolute Gasteiger partial charge is 0.0945 e. The Kier molecular flexibility index (Phi) is 5.18. The first-order chi connectivity index (χ1) is 5.12. The van der Waals surface area contributed by atoms with Crippen LogP contribution in [0.25, 0.3) is 0 Å². The molecule has 0 nitrogen and oxygen atoms in total. The van der Waals surface area contributed by atoms with Crippen LogP contribution in [0.15, 0.2) is 12.2 Å². The van der Waals surface area contributed by atoms with Crippen LogP contribution in [0.2, 0.25) is 0 Å². The largest absolute Gasteiger partial charge is 0.251 e. The molecule has 0 aromatic carbocycles. The Hall–Kier alpha value is -0.330. The topological polar surface area (TPSA) is 0 Å². The molecule has 0 bridgehead atoms. The van der Waals surface area contributed by atoms with Gasteiger partial charge < -0.3 is 0 Å². The first kappa shape index (κ1) is 10.7. The Labute approximate surface area is 69.5 Å². The van der Waals surface area contributed by atoms with Crippen LogP contribution >= 0.6 is 0 Å². The number of alkyl halides is 1. The van der Waals surface area contributed by atoms with Gasteiger partial charge in [0.25, 0.3) is 0 Å². The van der Waals surface area contributed by atoms with Gasteiger partial charge in [0.1, 0.15) is 0 Å². The van der Waals surface area contributed by atoms with Gasteiger partial charge in [-0.15, -0.1) is 0 Å². The minimum Gasteiger partial charge on any atom is -0.251 e. The van der Waals surface area contributed by atoms with Crippen LogP contribution in [0.5, 0.6) is 0 Å². The van der Waals surface area contributed by atoms with Gasteiger partial charge in [0.15, 0.2) is 0 Å². The summed E-state index contributed by atoms with van der Waals surface area (Å²) < 4.78 is 12.3. The molecule has 0 N–H and O–H groups in total. The molecule has 11 heavy (non-hydrogen) atoms. The summed E-state index contributed by atoms with van der Waals surface area (Å²) >= 11 is 0. The molecule has 0 radical (unpaired) electrons. The van der Waals surface area contributed by atoms with E-state index in [1.807, 2.05) is 13.8 Å². The molecule has 0 heterocycles. The highest BCUT2D eigenvalue weighted by Gasteiger charge is 2.15. The molecule has 0 aliphatic carbocycles. The Bertz CT molecular complexity index is 114. The van der Waals surface area contributed by atoms with Crippen molar-refractivity contribution in [1.82, 2.24) is 0 Å². The van der Waals surface area contributed by atoms with Crippen LogP contribution in [0.4, 0.5) is 4.39 Å². The fourth-order valence-electron chi connectivity index (χ4n) is 0.825. The molecule has 0 aromatic rings. The van der Waals surface area contributed by atoms with E-state index in [9.17, 15) is 4.39 Å². The summed E-state index contributed by atoms with van der Waals surface area (Å²) in [4.78, 5) is 0. The second-order valence-electron chi connectivity index (χ2n) is 3.72. The molecule has 0 aliphatic rings. The molecule has 0 saturated carbocycles. The molecule has 1 heteroatoms. The maximum Gasteiger partial charge on any atom is 0.0945 e. The van der Waals surface area contributed by atoms with Gasteiger partial charge in [-0.2, -0.15) is 0 Å². The maximum atomic E-state index is 12.3. The molecule has 0 atom stereocenters. The fraction of sp³-hybridized carbons (Fsp3) is 0.800. The third-order valence-electron chi connectivity index (χ3n) is 1.75. The molecule has 0 unspecified atom stereocenters. The van der Waals surface area contributed by atoms with E-state index in [-0.39, 0.29) is 12.1 Å². The quantitative estimate of drug-likeness (QED) is 0.535. The van der Waals surface area contributed by atoms with Crippen molar-refractivity contribution in [2.75, 3.05) is 6.67 Å². The number of halogens is 1. The van der Waals surface area contributed by atoms with E-state index in [0.29, 0.717) is 0 Å². The number of allylic oxidation sites excluding steroid dienone is 2. The molecule has 0 fully saturated rings. The van der Waals surface area contributed by atoms with Gasteiger partial charge in [-0.3, -0.25) is 4.39 Å². The van der Waals surface area contributed by atoms with E-state index in [0.717, 1.165) is 19.3 Å². The molecule has 0 aromatic heterocycles. The zero-order valence-corrected chi connectivity index (χ0v) is 7.86. The average Bonchev–Trinajstić information content (AvgIpc) is 1.99. The van der Waals surface area contributed by atoms with E-state index in [2.05, 4.69) is 19.1 Å². The van der Waals surface area contributed by atoms with Crippen molar-refractivity contribution in [2.24, 2.45) is 5.41 Å². The molecular weight excluding hydrogens is 139 g/mol. The third kappa shape index (κ3) is 6.08. The molecule has 0 amide bonds. The van der Waals surface area contributed by atoms with Crippen LogP contribution in [0.3, 0.4) is 0 Å². The van der Waals surface area contributed by atoms with Crippen LogP contribution in [-0.2, 0) is 0 Å². The molecular formula is C10H19F. The monoisotopic (exact) mass is 158 g/mol. The highest BCUT2D eigenvalue weighted by atomic mass is 19.1. The summed E-state index contributed by atoms with van der Waals surface area (Å²) in [6.07, 6.45) is 7.30. The standard InChI is InChI=1S/C10H19F/c1-4-5-6-7-8-10(2,3)9-11/h5-6H,4,7-9H2,1-3H3. The number of hydrogen-bond donors (Lipinski definition) is 0. The summed E-state index contributed by atoms with van der Waals surface area (Å²) in [5, 5.41) is 0. The lowest BCUT2D eigenvalue weighted by atomic mass is 9.89. The van der Waals surface area contributed by atoms with Gasteiger partial charge in [0, 0.05) is 0 Å². The average molecular weight is 158 g/mol. The molecule has 66 valence electrons. The van der Waals surface area contributed by atoms with Crippen molar-refractivity contribution in [3.8, 4) is 0 Å². The molecule has 0 spiro atoms. The van der Waals surface area contributed by atoms with E-state index >= 15 is 0 Å². The van der Waals surface area contributed by atoms with Gasteiger partial charge in [-0.1, -0.05) is 32.9 Å². The van der Waals surface area contributed by atoms with E-state index < -0.39 is 0 Å². The number of hydrogen-bond acceptors (Lipinski definition) is 0. The SMILES string of the molecule is CCC=CCCC(C)(C)CF. The molecule has 0 aliphatic heterocycles. The van der Waals surface area contributed by atoms with Crippen molar-refractivity contribution in [1.29, 1.82) is 0 Å². The zero-order valence-electron chi connectivity index (χ0n) is 7.86. The van der Waals surface area contributed by atoms with Crippen molar-refractivity contribution in [2.45, 2.75) is 40.0 Å². The first-order valence-electron chi connectivity index (χ1n) is 4.33. The highest BCUT2D eigenvalue weighted by Crippen LogP contribution is 2.22. The van der Waals surface area contributed by atoms with Gasteiger partial charge in [0.2, 0.25) is 0 Å². The predicted octanol–water partition coefficient (Wildman–Crippen LogP) is 3.73. The van der Waals surface area contributed by atoms with E-state index in [4.69, 9.17) is 0 Å². The summed E-state index contributed by atoms with van der Waals surface area (Å²) in [5.74, 6) is 0. The van der Waals surface area contributed by atoms with Crippen molar-refractivity contribution in [3.63, 3.8) is 0 Å². The van der Waals surface area contributed by atoms with Crippen LogP contribution in [0, 0.1) is 5.41 Å². The molecule has 0 rings (SSSR count). The van der Waals surface area contributed by atoms with Crippen LogP contribution in [-0.4, -0.2) is 6.67 Å². The van der Waals surface area contributed by atoms with Gasteiger partial charge in [0.05, 0.1) is 6.67 Å². The van der Waals surface area contributed by atoms with Gasteiger partial charge in [-0.05, 0) is 24.7 Å². The minimum atomic E-state index is -0.215. The second-order valence-corrected chi connectivity index (χ2v) is 3.72. The van der Waals surface area contributed by atoms with E-state index in [1.165, 1.54) is 0 Å². The van der Waals surface area contributed by atoms with Crippen LogP contribution in [0.1, 0.15) is 40.0 Å². The van der Waals surface area contributed by atoms with E-state index in [1.54, 1.807) is 0 Å². The Morgan fingerprint density at radius 3 is 2.36 bits per heavy atom. The lowest BCUT2D eigenvalue weighted by Crippen LogP contribution is -2.12. The van der Waals surface area contributed by atoms with Crippen molar-refractivity contribution < 1.29 is 4.39 Å². The Balaban J connectivity index is 3.45.